The van der Waals surface area contributed by atoms with Crippen LogP contribution in [-0.2, 0) is 0 Å². The summed E-state index contributed by atoms with van der Waals surface area (Å²) in [6.07, 6.45) is -0.139. The highest BCUT2D eigenvalue weighted by molar-refractivity contribution is 4.73. The largest absolute Gasteiger partial charge is 0.312 e. The van der Waals surface area contributed by atoms with Crippen molar-refractivity contribution in [2.75, 3.05) is 6.54 Å². The van der Waals surface area contributed by atoms with Crippen LogP contribution in [0.25, 0.3) is 0 Å². The molecule has 0 rings (SSSR count). The second-order valence-corrected chi connectivity index (χ2v) is 4.14. The SMILES string of the molecule is CCC(F)(F)CCNC(C)(C)C. The fraction of sp³-hybridized carbons (Fsp3) is 1.00. The van der Waals surface area contributed by atoms with E-state index < -0.39 is 5.92 Å². The summed E-state index contributed by atoms with van der Waals surface area (Å²) in [5.41, 5.74) is -0.0657. The Morgan fingerprint density at radius 3 is 2.00 bits per heavy atom. The van der Waals surface area contributed by atoms with Crippen LogP contribution in [0.1, 0.15) is 40.5 Å². The maximum absolute atomic E-state index is 12.7. The standard InChI is InChI=1S/C9H19F2N/c1-5-9(10,11)6-7-12-8(2,3)4/h12H,5-7H2,1-4H3. The lowest BCUT2D eigenvalue weighted by Crippen LogP contribution is -2.38. The van der Waals surface area contributed by atoms with E-state index in [4.69, 9.17) is 0 Å². The first-order chi connectivity index (χ1) is 5.27. The van der Waals surface area contributed by atoms with Crippen molar-refractivity contribution in [3.05, 3.63) is 0 Å². The van der Waals surface area contributed by atoms with E-state index in [0.29, 0.717) is 6.54 Å². The first-order valence-electron chi connectivity index (χ1n) is 4.40. The molecular weight excluding hydrogens is 160 g/mol. The minimum absolute atomic E-state index is 0.0657. The Kier molecular flexibility index (Phi) is 4.11. The van der Waals surface area contributed by atoms with E-state index in [1.807, 2.05) is 20.8 Å². The highest BCUT2D eigenvalue weighted by Crippen LogP contribution is 2.21. The highest BCUT2D eigenvalue weighted by atomic mass is 19.3. The molecular formula is C9H19F2N. The maximum Gasteiger partial charge on any atom is 0.249 e. The molecule has 0 aliphatic heterocycles. The van der Waals surface area contributed by atoms with Gasteiger partial charge in [0.2, 0.25) is 5.92 Å². The molecule has 0 saturated heterocycles. The summed E-state index contributed by atoms with van der Waals surface area (Å²) in [6.45, 7) is 7.80. The topological polar surface area (TPSA) is 12.0 Å². The molecule has 12 heavy (non-hydrogen) atoms. The fourth-order valence-corrected chi connectivity index (χ4v) is 0.797. The molecule has 0 spiro atoms. The van der Waals surface area contributed by atoms with Crippen molar-refractivity contribution in [3.63, 3.8) is 0 Å². The van der Waals surface area contributed by atoms with Gasteiger partial charge in [0.15, 0.2) is 0 Å². The molecule has 0 amide bonds. The Balaban J connectivity index is 3.57. The van der Waals surface area contributed by atoms with Gasteiger partial charge in [0, 0.05) is 24.9 Å². The third-order valence-electron chi connectivity index (χ3n) is 1.66. The van der Waals surface area contributed by atoms with Crippen LogP contribution >= 0.6 is 0 Å². The van der Waals surface area contributed by atoms with Crippen molar-refractivity contribution in [1.82, 2.24) is 5.32 Å². The number of halogens is 2. The lowest BCUT2D eigenvalue weighted by molar-refractivity contribution is -0.0119. The van der Waals surface area contributed by atoms with Crippen LogP contribution in [-0.4, -0.2) is 18.0 Å². The van der Waals surface area contributed by atoms with Gasteiger partial charge in [-0.15, -0.1) is 0 Å². The van der Waals surface area contributed by atoms with Crippen molar-refractivity contribution in [1.29, 1.82) is 0 Å². The Morgan fingerprint density at radius 1 is 1.17 bits per heavy atom. The van der Waals surface area contributed by atoms with Crippen molar-refractivity contribution in [2.45, 2.75) is 52.0 Å². The summed E-state index contributed by atoms with van der Waals surface area (Å²) in [6, 6.07) is 0. The Morgan fingerprint density at radius 2 is 1.67 bits per heavy atom. The zero-order valence-corrected chi connectivity index (χ0v) is 8.38. The molecule has 0 fully saturated rings. The second-order valence-electron chi connectivity index (χ2n) is 4.14. The average molecular weight is 179 g/mol. The molecule has 1 N–H and O–H groups in total. The van der Waals surface area contributed by atoms with Gasteiger partial charge in [0.05, 0.1) is 0 Å². The number of rotatable bonds is 4. The summed E-state index contributed by atoms with van der Waals surface area (Å²) < 4.78 is 25.4. The van der Waals surface area contributed by atoms with Crippen molar-refractivity contribution in [3.8, 4) is 0 Å². The van der Waals surface area contributed by atoms with Gasteiger partial charge in [0.1, 0.15) is 0 Å². The van der Waals surface area contributed by atoms with Crippen LogP contribution in [0.4, 0.5) is 8.78 Å². The van der Waals surface area contributed by atoms with Crippen LogP contribution < -0.4 is 5.32 Å². The van der Waals surface area contributed by atoms with Gasteiger partial charge in [-0.2, -0.15) is 0 Å². The third-order valence-corrected chi connectivity index (χ3v) is 1.66. The number of alkyl halides is 2. The third kappa shape index (κ3) is 6.53. The van der Waals surface area contributed by atoms with Crippen molar-refractivity contribution in [2.24, 2.45) is 0 Å². The molecule has 3 heteroatoms. The lowest BCUT2D eigenvalue weighted by Gasteiger charge is -2.22. The van der Waals surface area contributed by atoms with Crippen LogP contribution in [0.15, 0.2) is 0 Å². The molecule has 0 saturated carbocycles. The van der Waals surface area contributed by atoms with E-state index in [-0.39, 0.29) is 18.4 Å². The molecule has 0 bridgehead atoms. The molecule has 0 aromatic heterocycles. The van der Waals surface area contributed by atoms with Crippen LogP contribution in [0, 0.1) is 0 Å². The van der Waals surface area contributed by atoms with E-state index in [9.17, 15) is 8.78 Å². The Bertz CT molecular complexity index is 127. The maximum atomic E-state index is 12.7. The molecule has 0 aromatic carbocycles. The van der Waals surface area contributed by atoms with Crippen LogP contribution in [0.2, 0.25) is 0 Å². The van der Waals surface area contributed by atoms with Gasteiger partial charge in [-0.05, 0) is 20.8 Å². The minimum Gasteiger partial charge on any atom is -0.312 e. The van der Waals surface area contributed by atoms with Gasteiger partial charge < -0.3 is 5.32 Å². The average Bonchev–Trinajstić information content (AvgIpc) is 1.84. The predicted molar refractivity (Wildman–Crippen MR) is 47.6 cm³/mol. The summed E-state index contributed by atoms with van der Waals surface area (Å²) >= 11 is 0. The molecule has 1 nitrogen and oxygen atoms in total. The van der Waals surface area contributed by atoms with E-state index in [1.165, 1.54) is 6.92 Å². The summed E-state index contributed by atoms with van der Waals surface area (Å²) in [7, 11) is 0. The van der Waals surface area contributed by atoms with Crippen LogP contribution in [0.5, 0.6) is 0 Å². The fourth-order valence-electron chi connectivity index (χ4n) is 0.797. The molecule has 0 heterocycles. The smallest absolute Gasteiger partial charge is 0.249 e. The number of hydrogen-bond acceptors (Lipinski definition) is 1. The van der Waals surface area contributed by atoms with E-state index in [2.05, 4.69) is 5.32 Å². The molecule has 0 aliphatic rings. The zero-order chi connectivity index (χ0) is 9.83. The van der Waals surface area contributed by atoms with Crippen molar-refractivity contribution >= 4 is 0 Å². The molecule has 0 aliphatic carbocycles. The highest BCUT2D eigenvalue weighted by Gasteiger charge is 2.25. The minimum atomic E-state index is -2.50. The van der Waals surface area contributed by atoms with Crippen LogP contribution in [0.3, 0.4) is 0 Å². The number of nitrogens with one attached hydrogen (secondary N) is 1. The predicted octanol–water partition coefficient (Wildman–Crippen LogP) is 2.81. The zero-order valence-electron chi connectivity index (χ0n) is 8.38. The summed E-state index contributed by atoms with van der Waals surface area (Å²) in [4.78, 5) is 0. The van der Waals surface area contributed by atoms with Gasteiger partial charge in [-0.3, -0.25) is 0 Å². The monoisotopic (exact) mass is 179 g/mol. The Hall–Kier alpha value is -0.180. The molecule has 0 unspecified atom stereocenters. The first kappa shape index (κ1) is 11.8. The van der Waals surface area contributed by atoms with Gasteiger partial charge in [-0.1, -0.05) is 6.92 Å². The summed E-state index contributed by atoms with van der Waals surface area (Å²) in [5.74, 6) is -2.50. The van der Waals surface area contributed by atoms with Gasteiger partial charge >= 0.3 is 0 Å². The molecule has 0 atom stereocenters. The second kappa shape index (κ2) is 4.17. The van der Waals surface area contributed by atoms with E-state index >= 15 is 0 Å². The van der Waals surface area contributed by atoms with Gasteiger partial charge in [0.25, 0.3) is 0 Å². The molecule has 0 aromatic rings. The molecule has 74 valence electrons. The number of hydrogen-bond donors (Lipinski definition) is 1. The molecule has 0 radical (unpaired) electrons. The Labute approximate surface area is 73.5 Å². The first-order valence-corrected chi connectivity index (χ1v) is 4.40. The summed E-state index contributed by atoms with van der Waals surface area (Å²) in [5, 5.41) is 3.03. The van der Waals surface area contributed by atoms with E-state index in [0.717, 1.165) is 0 Å². The van der Waals surface area contributed by atoms with Gasteiger partial charge in [-0.25, -0.2) is 8.78 Å². The van der Waals surface area contributed by atoms with Crippen molar-refractivity contribution < 1.29 is 8.78 Å². The quantitative estimate of drug-likeness (QED) is 0.699. The van der Waals surface area contributed by atoms with E-state index in [1.54, 1.807) is 0 Å². The normalized spacial score (nSPS) is 13.5. The lowest BCUT2D eigenvalue weighted by atomic mass is 10.1.